The molecule has 0 bridgehead atoms. The molecule has 1 aliphatic carbocycles. The largest absolute Gasteiger partial charge is 0.363 e. The lowest BCUT2D eigenvalue weighted by Gasteiger charge is -2.38. The van der Waals surface area contributed by atoms with E-state index in [0.29, 0.717) is 36.3 Å². The second-order valence-corrected chi connectivity index (χ2v) is 5.34. The Kier molecular flexibility index (Phi) is 2.60. The summed E-state index contributed by atoms with van der Waals surface area (Å²) in [4.78, 5) is 14.2. The normalized spacial score (nSPS) is 20.5. The Morgan fingerprint density at radius 2 is 2.18 bits per heavy atom. The second kappa shape index (κ2) is 3.99. The van der Waals surface area contributed by atoms with Crippen molar-refractivity contribution in [2.75, 3.05) is 18.0 Å². The van der Waals surface area contributed by atoms with Crippen LogP contribution in [0.1, 0.15) is 12.8 Å². The average Bonchev–Trinajstić information content (AvgIpc) is 3.04. The van der Waals surface area contributed by atoms with Gasteiger partial charge < -0.3 is 10.6 Å². The number of hydrogen-bond donors (Lipinski definition) is 1. The van der Waals surface area contributed by atoms with Gasteiger partial charge in [-0.25, -0.2) is 4.68 Å². The third kappa shape index (κ3) is 2.05. The molecule has 0 aromatic carbocycles. The van der Waals surface area contributed by atoms with Gasteiger partial charge in [0.2, 0.25) is 0 Å². The molecule has 0 spiro atoms. The number of anilines is 1. The molecule has 17 heavy (non-hydrogen) atoms. The van der Waals surface area contributed by atoms with E-state index in [1.807, 2.05) is 4.90 Å². The molecule has 1 aliphatic heterocycles. The van der Waals surface area contributed by atoms with Crippen molar-refractivity contribution in [1.29, 1.82) is 0 Å². The van der Waals surface area contributed by atoms with Crippen molar-refractivity contribution in [3.63, 3.8) is 0 Å². The number of nitrogens with two attached hydrogens (primary N) is 1. The van der Waals surface area contributed by atoms with Gasteiger partial charge in [-0.2, -0.15) is 5.10 Å². The molecule has 0 radical (unpaired) electrons. The van der Waals surface area contributed by atoms with Crippen LogP contribution in [0.2, 0.25) is 5.02 Å². The highest BCUT2D eigenvalue weighted by molar-refractivity contribution is 6.33. The van der Waals surface area contributed by atoms with E-state index in [-0.39, 0.29) is 11.6 Å². The van der Waals surface area contributed by atoms with Gasteiger partial charge in [0.05, 0.1) is 11.2 Å². The lowest BCUT2D eigenvalue weighted by molar-refractivity contribution is 0.499. The topological polar surface area (TPSA) is 64.2 Å². The minimum absolute atomic E-state index is 0.0868. The zero-order chi connectivity index (χ0) is 12.0. The van der Waals surface area contributed by atoms with Crippen LogP contribution in [-0.2, 0) is 6.54 Å². The van der Waals surface area contributed by atoms with E-state index in [1.54, 1.807) is 6.20 Å². The fourth-order valence-electron chi connectivity index (χ4n) is 2.11. The number of nitrogens with zero attached hydrogens (tertiary/aromatic N) is 3. The Hall–Kier alpha value is -1.07. The van der Waals surface area contributed by atoms with Gasteiger partial charge in [-0.05, 0) is 18.8 Å². The molecule has 0 atom stereocenters. The maximum atomic E-state index is 12.2. The predicted molar refractivity (Wildman–Crippen MR) is 66.4 cm³/mol. The van der Waals surface area contributed by atoms with Gasteiger partial charge in [0.1, 0.15) is 5.69 Å². The summed E-state index contributed by atoms with van der Waals surface area (Å²) in [6.07, 6.45) is 3.95. The molecular formula is C11H15ClN4O. The summed E-state index contributed by atoms with van der Waals surface area (Å²) in [6, 6.07) is 0.149. The van der Waals surface area contributed by atoms with Gasteiger partial charge >= 0.3 is 0 Å². The highest BCUT2D eigenvalue weighted by atomic mass is 35.5. The van der Waals surface area contributed by atoms with E-state index < -0.39 is 0 Å². The fraction of sp³-hybridized carbons (Fsp3) is 0.636. The summed E-state index contributed by atoms with van der Waals surface area (Å²) in [5.41, 5.74) is 6.20. The van der Waals surface area contributed by atoms with E-state index >= 15 is 0 Å². The molecule has 2 heterocycles. The van der Waals surface area contributed by atoms with Gasteiger partial charge in [0.15, 0.2) is 0 Å². The molecule has 0 amide bonds. The Balaban J connectivity index is 1.92. The Morgan fingerprint density at radius 1 is 1.47 bits per heavy atom. The van der Waals surface area contributed by atoms with Crippen LogP contribution in [0.25, 0.3) is 0 Å². The molecule has 2 fully saturated rings. The highest BCUT2D eigenvalue weighted by Crippen LogP contribution is 2.30. The first kappa shape index (κ1) is 11.0. The summed E-state index contributed by atoms with van der Waals surface area (Å²) in [5.74, 6) is 0.618. The molecule has 1 aromatic heterocycles. The van der Waals surface area contributed by atoms with Crippen LogP contribution in [0, 0.1) is 5.92 Å². The highest BCUT2D eigenvalue weighted by Gasteiger charge is 2.29. The zero-order valence-electron chi connectivity index (χ0n) is 9.47. The molecule has 0 unspecified atom stereocenters. The molecule has 5 nitrogen and oxygen atoms in total. The zero-order valence-corrected chi connectivity index (χ0v) is 10.2. The van der Waals surface area contributed by atoms with Gasteiger partial charge in [-0.1, -0.05) is 11.6 Å². The third-order valence-electron chi connectivity index (χ3n) is 3.33. The minimum Gasteiger partial charge on any atom is -0.363 e. The van der Waals surface area contributed by atoms with E-state index in [4.69, 9.17) is 17.3 Å². The molecule has 2 aliphatic rings. The first-order valence-corrected chi connectivity index (χ1v) is 6.29. The molecule has 92 valence electrons. The lowest BCUT2D eigenvalue weighted by Crippen LogP contribution is -2.57. The van der Waals surface area contributed by atoms with E-state index in [9.17, 15) is 4.79 Å². The summed E-state index contributed by atoms with van der Waals surface area (Å²) >= 11 is 6.05. The molecule has 1 saturated carbocycles. The van der Waals surface area contributed by atoms with Crippen LogP contribution in [0.5, 0.6) is 0 Å². The van der Waals surface area contributed by atoms with Crippen LogP contribution in [0.3, 0.4) is 0 Å². The lowest BCUT2D eigenvalue weighted by atomic mass is 10.1. The molecular weight excluding hydrogens is 240 g/mol. The summed E-state index contributed by atoms with van der Waals surface area (Å²) in [6.45, 7) is 2.10. The predicted octanol–water partition coefficient (Wildman–Crippen LogP) is 0.454. The SMILES string of the molecule is NC1CN(c2c(Cl)cnn(CC3CC3)c2=O)C1. The van der Waals surface area contributed by atoms with Crippen LogP contribution in [-0.4, -0.2) is 28.9 Å². The quantitative estimate of drug-likeness (QED) is 0.851. The maximum Gasteiger partial charge on any atom is 0.291 e. The molecule has 1 saturated heterocycles. The molecule has 1 aromatic rings. The Bertz CT molecular complexity index is 491. The van der Waals surface area contributed by atoms with Gasteiger partial charge in [-0.3, -0.25) is 4.79 Å². The fourth-order valence-corrected chi connectivity index (χ4v) is 2.36. The number of halogens is 1. The summed E-state index contributed by atoms with van der Waals surface area (Å²) in [5, 5.41) is 4.52. The second-order valence-electron chi connectivity index (χ2n) is 4.94. The van der Waals surface area contributed by atoms with E-state index in [2.05, 4.69) is 5.10 Å². The van der Waals surface area contributed by atoms with Crippen molar-refractivity contribution >= 4 is 17.3 Å². The van der Waals surface area contributed by atoms with E-state index in [0.717, 1.165) is 0 Å². The van der Waals surface area contributed by atoms with Gasteiger partial charge in [0.25, 0.3) is 5.56 Å². The summed E-state index contributed by atoms with van der Waals surface area (Å²) < 4.78 is 1.53. The number of aromatic nitrogens is 2. The number of hydrogen-bond acceptors (Lipinski definition) is 4. The van der Waals surface area contributed by atoms with Crippen molar-refractivity contribution in [3.05, 3.63) is 21.6 Å². The van der Waals surface area contributed by atoms with Crippen LogP contribution < -0.4 is 16.2 Å². The number of rotatable bonds is 3. The van der Waals surface area contributed by atoms with Gasteiger partial charge in [0, 0.05) is 25.7 Å². The minimum atomic E-state index is -0.0868. The van der Waals surface area contributed by atoms with Crippen LogP contribution >= 0.6 is 11.6 Å². The smallest absolute Gasteiger partial charge is 0.291 e. The molecule has 3 rings (SSSR count). The summed E-state index contributed by atoms with van der Waals surface area (Å²) in [7, 11) is 0. The Labute approximate surface area is 104 Å². The van der Waals surface area contributed by atoms with Crippen LogP contribution in [0.15, 0.2) is 11.0 Å². The van der Waals surface area contributed by atoms with Crippen molar-refractivity contribution in [1.82, 2.24) is 9.78 Å². The van der Waals surface area contributed by atoms with Gasteiger partial charge in [-0.15, -0.1) is 0 Å². The third-order valence-corrected chi connectivity index (χ3v) is 3.60. The molecule has 2 N–H and O–H groups in total. The van der Waals surface area contributed by atoms with Crippen LogP contribution in [0.4, 0.5) is 5.69 Å². The maximum absolute atomic E-state index is 12.2. The standard InChI is InChI=1S/C11H15ClN4O/c12-9-3-14-16(4-7-1-2-7)11(17)10(9)15-5-8(13)6-15/h3,7-8H,1-2,4-6,13H2. The molecule has 6 heteroatoms. The monoisotopic (exact) mass is 254 g/mol. The van der Waals surface area contributed by atoms with Crippen molar-refractivity contribution < 1.29 is 0 Å². The first-order valence-electron chi connectivity index (χ1n) is 5.91. The Morgan fingerprint density at radius 3 is 2.76 bits per heavy atom. The average molecular weight is 255 g/mol. The van der Waals surface area contributed by atoms with E-state index in [1.165, 1.54) is 17.5 Å². The van der Waals surface area contributed by atoms with Crippen molar-refractivity contribution in [2.45, 2.75) is 25.4 Å². The first-order chi connectivity index (χ1) is 8.15. The van der Waals surface area contributed by atoms with Crippen molar-refractivity contribution in [2.24, 2.45) is 11.7 Å². The van der Waals surface area contributed by atoms with Crippen molar-refractivity contribution in [3.8, 4) is 0 Å².